The van der Waals surface area contributed by atoms with Crippen molar-refractivity contribution in [1.29, 1.82) is 0 Å². The van der Waals surface area contributed by atoms with Gasteiger partial charge in [-0.25, -0.2) is 9.69 Å². The summed E-state index contributed by atoms with van der Waals surface area (Å²) < 4.78 is 11.4. The topological polar surface area (TPSA) is 97.1 Å². The minimum absolute atomic E-state index is 0.0561. The van der Waals surface area contributed by atoms with Gasteiger partial charge in [0.25, 0.3) is 0 Å². The molecule has 2 atom stereocenters. The van der Waals surface area contributed by atoms with Crippen LogP contribution in [0.15, 0.2) is 65.1 Å². The average Bonchev–Trinajstić information content (AvgIpc) is 3.59. The summed E-state index contributed by atoms with van der Waals surface area (Å²) in [5, 5.41) is 8.91. The maximum absolute atomic E-state index is 13.6. The van der Waals surface area contributed by atoms with E-state index >= 15 is 0 Å². The fourth-order valence-electron chi connectivity index (χ4n) is 5.37. The molecule has 0 saturated carbocycles. The van der Waals surface area contributed by atoms with Gasteiger partial charge in [0, 0.05) is 18.6 Å². The Kier molecular flexibility index (Phi) is 10.9. The molecule has 2 unspecified atom stereocenters. The van der Waals surface area contributed by atoms with Gasteiger partial charge in [0.1, 0.15) is 24.3 Å². The number of amides is 2. The van der Waals surface area contributed by atoms with Gasteiger partial charge in [-0.3, -0.25) is 9.59 Å². The van der Waals surface area contributed by atoms with Crippen molar-refractivity contribution in [1.82, 2.24) is 4.90 Å². The molecule has 1 aromatic heterocycles. The average molecular weight is 560 g/mol. The molecular formula is C34H41NO6. The number of aliphatic hydroxyl groups excluding tert-OH is 1. The van der Waals surface area contributed by atoms with Crippen LogP contribution in [0.5, 0.6) is 0 Å². The number of carbonyl (C=O) groups excluding carboxylic acids is 3. The monoisotopic (exact) mass is 559 g/mol. The van der Waals surface area contributed by atoms with Crippen molar-refractivity contribution < 1.29 is 28.6 Å². The third-order valence-electron chi connectivity index (χ3n) is 7.75. The van der Waals surface area contributed by atoms with Crippen LogP contribution < -0.4 is 0 Å². The van der Waals surface area contributed by atoms with E-state index in [1.54, 1.807) is 6.07 Å². The molecule has 41 heavy (non-hydrogen) atoms. The standard InChI is InChI=1S/C34H41NO6/c1-24-15-14-18-27(21-24)28-22-31(41-30(28)19-12-7-5-3-4-6-8-13-20-36)32(37)25(2)33(38)35-29(23-40-34(35)39)26-16-10-9-11-17-26/h9-11,14-18,21-22,25,29,36H,3-8,12-13,19-20,23H2,1-2H3. The first-order chi connectivity index (χ1) is 19.9. The Morgan fingerprint density at radius 3 is 2.29 bits per heavy atom. The fourth-order valence-corrected chi connectivity index (χ4v) is 5.37. The number of ketones is 1. The largest absolute Gasteiger partial charge is 0.457 e. The van der Waals surface area contributed by atoms with E-state index in [1.165, 1.54) is 19.8 Å². The maximum atomic E-state index is 13.6. The van der Waals surface area contributed by atoms with E-state index in [1.807, 2.05) is 55.5 Å². The number of Topliss-reactive ketones (excluding diaryl/α,β-unsaturated/α-hetero) is 1. The first-order valence-electron chi connectivity index (χ1n) is 14.8. The lowest BCUT2D eigenvalue weighted by molar-refractivity contribution is -0.131. The van der Waals surface area contributed by atoms with Crippen LogP contribution in [-0.2, 0) is 16.0 Å². The van der Waals surface area contributed by atoms with Crippen LogP contribution >= 0.6 is 0 Å². The lowest BCUT2D eigenvalue weighted by Crippen LogP contribution is -2.40. The van der Waals surface area contributed by atoms with Gasteiger partial charge in [-0.05, 0) is 43.9 Å². The molecular weight excluding hydrogens is 518 g/mol. The highest BCUT2D eigenvalue weighted by Crippen LogP contribution is 2.33. The number of aryl methyl sites for hydroxylation is 2. The Morgan fingerprint density at radius 1 is 0.927 bits per heavy atom. The molecule has 4 rings (SSSR count). The lowest BCUT2D eigenvalue weighted by Gasteiger charge is -2.22. The van der Waals surface area contributed by atoms with Gasteiger partial charge in [0.2, 0.25) is 11.7 Å². The van der Waals surface area contributed by atoms with Crippen LogP contribution in [0.3, 0.4) is 0 Å². The number of benzene rings is 2. The molecule has 7 heteroatoms. The predicted octanol–water partition coefficient (Wildman–Crippen LogP) is 7.45. The van der Waals surface area contributed by atoms with E-state index in [4.69, 9.17) is 14.3 Å². The molecule has 1 aliphatic rings. The van der Waals surface area contributed by atoms with Gasteiger partial charge in [0.15, 0.2) is 5.76 Å². The third kappa shape index (κ3) is 7.73. The van der Waals surface area contributed by atoms with Gasteiger partial charge >= 0.3 is 6.09 Å². The Morgan fingerprint density at radius 2 is 1.61 bits per heavy atom. The number of imide groups is 1. The molecule has 1 aliphatic heterocycles. The molecule has 1 saturated heterocycles. The Balaban J connectivity index is 1.46. The van der Waals surface area contributed by atoms with E-state index in [0.29, 0.717) is 6.42 Å². The molecule has 2 heterocycles. The number of nitrogens with zero attached hydrogens (tertiary/aromatic N) is 1. The molecule has 1 N–H and O–H groups in total. The first-order valence-corrected chi connectivity index (χ1v) is 14.8. The first kappa shape index (κ1) is 30.3. The zero-order valence-corrected chi connectivity index (χ0v) is 24.1. The minimum atomic E-state index is -1.11. The van der Waals surface area contributed by atoms with E-state index in [-0.39, 0.29) is 19.0 Å². The van der Waals surface area contributed by atoms with Crippen LogP contribution in [0, 0.1) is 12.8 Å². The quantitative estimate of drug-likeness (QED) is 0.118. The zero-order chi connectivity index (χ0) is 29.2. The van der Waals surface area contributed by atoms with Gasteiger partial charge in [0.05, 0.1) is 0 Å². The summed E-state index contributed by atoms with van der Waals surface area (Å²) in [6, 6.07) is 18.5. The number of hydrogen-bond acceptors (Lipinski definition) is 6. The number of ether oxygens (including phenoxy) is 1. The Labute approximate surface area is 242 Å². The zero-order valence-electron chi connectivity index (χ0n) is 24.1. The van der Waals surface area contributed by atoms with Crippen LogP contribution in [-0.4, -0.2) is 41.0 Å². The summed E-state index contributed by atoms with van der Waals surface area (Å²) in [7, 11) is 0. The highest BCUT2D eigenvalue weighted by molar-refractivity contribution is 6.12. The third-order valence-corrected chi connectivity index (χ3v) is 7.75. The molecule has 218 valence electrons. The number of cyclic esters (lactones) is 1. The normalized spacial score (nSPS) is 15.6. The highest BCUT2D eigenvalue weighted by atomic mass is 16.6. The van der Waals surface area contributed by atoms with Crippen LogP contribution in [0.2, 0.25) is 0 Å². The summed E-state index contributed by atoms with van der Waals surface area (Å²) in [5.74, 6) is -1.29. The van der Waals surface area contributed by atoms with Gasteiger partial charge in [-0.1, -0.05) is 98.7 Å². The fraction of sp³-hybridized carbons (Fsp3) is 0.441. The summed E-state index contributed by atoms with van der Waals surface area (Å²) in [6.07, 6.45) is 8.53. The molecule has 2 amide bonds. The van der Waals surface area contributed by atoms with Crippen molar-refractivity contribution >= 4 is 17.8 Å². The van der Waals surface area contributed by atoms with E-state index < -0.39 is 29.7 Å². The molecule has 0 bridgehead atoms. The van der Waals surface area contributed by atoms with Crippen LogP contribution in [0.1, 0.15) is 91.8 Å². The van der Waals surface area contributed by atoms with E-state index in [2.05, 4.69) is 6.07 Å². The smallest absolute Gasteiger partial charge is 0.417 e. The molecule has 0 aliphatic carbocycles. The van der Waals surface area contributed by atoms with Crippen molar-refractivity contribution in [2.75, 3.05) is 13.2 Å². The second-order valence-electron chi connectivity index (χ2n) is 10.9. The van der Waals surface area contributed by atoms with Crippen molar-refractivity contribution in [3.8, 4) is 11.1 Å². The van der Waals surface area contributed by atoms with Crippen LogP contribution in [0.4, 0.5) is 4.79 Å². The summed E-state index contributed by atoms with van der Waals surface area (Å²) >= 11 is 0. The molecule has 1 fully saturated rings. The van der Waals surface area contributed by atoms with Gasteiger partial charge < -0.3 is 14.3 Å². The number of furan rings is 1. The molecule has 3 aromatic rings. The van der Waals surface area contributed by atoms with Crippen LogP contribution in [0.25, 0.3) is 11.1 Å². The van der Waals surface area contributed by atoms with E-state index in [0.717, 1.165) is 71.4 Å². The van der Waals surface area contributed by atoms with Crippen molar-refractivity contribution in [3.05, 3.63) is 83.3 Å². The second kappa shape index (κ2) is 14.8. The Bertz CT molecular complexity index is 1310. The summed E-state index contributed by atoms with van der Waals surface area (Å²) in [6.45, 7) is 3.87. The summed E-state index contributed by atoms with van der Waals surface area (Å²) in [4.78, 5) is 40.6. The van der Waals surface area contributed by atoms with Crippen molar-refractivity contribution in [2.45, 2.75) is 77.7 Å². The highest BCUT2D eigenvalue weighted by Gasteiger charge is 2.42. The van der Waals surface area contributed by atoms with Gasteiger partial charge in [-0.2, -0.15) is 0 Å². The lowest BCUT2D eigenvalue weighted by atomic mass is 9.98. The number of rotatable bonds is 15. The SMILES string of the molecule is Cc1cccc(-c2cc(C(=O)C(C)C(=O)N3C(=O)OCC3c3ccccc3)oc2CCCCCCCCCCO)c1. The molecule has 2 aromatic carbocycles. The van der Waals surface area contributed by atoms with E-state index in [9.17, 15) is 14.4 Å². The number of unbranched alkanes of at least 4 members (excludes halogenated alkanes) is 7. The summed E-state index contributed by atoms with van der Waals surface area (Å²) in [5.41, 5.74) is 3.71. The number of aliphatic hydroxyl groups is 1. The molecule has 7 nitrogen and oxygen atoms in total. The van der Waals surface area contributed by atoms with Gasteiger partial charge in [-0.15, -0.1) is 0 Å². The minimum Gasteiger partial charge on any atom is -0.457 e. The van der Waals surface area contributed by atoms with Crippen molar-refractivity contribution in [2.24, 2.45) is 5.92 Å². The second-order valence-corrected chi connectivity index (χ2v) is 10.9. The number of hydrogen-bond donors (Lipinski definition) is 1. The molecule has 0 spiro atoms. The Hall–Kier alpha value is -3.71. The van der Waals surface area contributed by atoms with Crippen molar-refractivity contribution in [3.63, 3.8) is 0 Å². The molecule has 0 radical (unpaired) electrons. The number of carbonyl (C=O) groups is 3. The predicted molar refractivity (Wildman–Crippen MR) is 157 cm³/mol. The maximum Gasteiger partial charge on any atom is 0.417 e.